The fraction of sp³-hybridized carbons (Fsp3) is 0.294. The molecule has 1 aliphatic rings. The predicted octanol–water partition coefficient (Wildman–Crippen LogP) is 3.21. The number of para-hydroxylation sites is 1. The second-order valence-electron chi connectivity index (χ2n) is 5.16. The molecule has 1 heterocycles. The highest BCUT2D eigenvalue weighted by molar-refractivity contribution is 5.51. The lowest BCUT2D eigenvalue weighted by Gasteiger charge is -2.25. The molecule has 0 bridgehead atoms. The van der Waals surface area contributed by atoms with Crippen molar-refractivity contribution in [2.24, 2.45) is 0 Å². The summed E-state index contributed by atoms with van der Waals surface area (Å²) >= 11 is 0. The van der Waals surface area contributed by atoms with Crippen LogP contribution in [-0.4, -0.2) is 20.3 Å². The molecule has 0 radical (unpaired) electrons. The smallest absolute Gasteiger partial charge is 0.166 e. The van der Waals surface area contributed by atoms with Gasteiger partial charge in [0.1, 0.15) is 19.0 Å². The Kier molecular flexibility index (Phi) is 3.80. The largest absolute Gasteiger partial charge is 0.486 e. The van der Waals surface area contributed by atoms with Crippen LogP contribution in [0.5, 0.6) is 11.5 Å². The number of fused-ring (bicyclic) bond motifs is 1. The van der Waals surface area contributed by atoms with Crippen LogP contribution in [0.3, 0.4) is 0 Å². The molecule has 1 N–H and O–H groups in total. The predicted molar refractivity (Wildman–Crippen MR) is 79.5 cm³/mol. The molecule has 21 heavy (non-hydrogen) atoms. The van der Waals surface area contributed by atoms with Crippen molar-refractivity contribution < 1.29 is 13.9 Å². The number of halogens is 1. The van der Waals surface area contributed by atoms with Crippen LogP contribution in [0.2, 0.25) is 0 Å². The van der Waals surface area contributed by atoms with Crippen LogP contribution in [-0.2, 0) is 0 Å². The summed E-state index contributed by atoms with van der Waals surface area (Å²) < 4.78 is 25.1. The average molecular weight is 287 g/mol. The molecule has 0 amide bonds. The first kappa shape index (κ1) is 13.9. The van der Waals surface area contributed by atoms with Gasteiger partial charge in [-0.25, -0.2) is 4.39 Å². The minimum atomic E-state index is -0.229. The Morgan fingerprint density at radius 3 is 2.71 bits per heavy atom. The highest BCUT2D eigenvalue weighted by Crippen LogP contribution is 2.39. The average Bonchev–Trinajstić information content (AvgIpc) is 2.47. The van der Waals surface area contributed by atoms with Crippen molar-refractivity contribution in [1.82, 2.24) is 5.32 Å². The number of aryl methyl sites for hydroxylation is 1. The number of hydrogen-bond donors (Lipinski definition) is 1. The van der Waals surface area contributed by atoms with Crippen molar-refractivity contribution in [3.63, 3.8) is 0 Å². The molecule has 2 aromatic rings. The van der Waals surface area contributed by atoms with Gasteiger partial charge in [-0.3, -0.25) is 0 Å². The molecule has 110 valence electrons. The molecule has 0 aromatic heterocycles. The summed E-state index contributed by atoms with van der Waals surface area (Å²) in [5.74, 6) is 1.25. The van der Waals surface area contributed by atoms with Gasteiger partial charge >= 0.3 is 0 Å². The summed E-state index contributed by atoms with van der Waals surface area (Å²) in [6.07, 6.45) is 0. The van der Waals surface area contributed by atoms with Crippen molar-refractivity contribution in [1.29, 1.82) is 0 Å². The highest BCUT2D eigenvalue weighted by atomic mass is 19.1. The molecule has 4 heteroatoms. The second kappa shape index (κ2) is 5.74. The molecule has 1 atom stereocenters. The van der Waals surface area contributed by atoms with E-state index in [2.05, 4.69) is 5.32 Å². The quantitative estimate of drug-likeness (QED) is 0.940. The fourth-order valence-corrected chi connectivity index (χ4v) is 2.76. The first-order valence-electron chi connectivity index (χ1n) is 7.02. The Morgan fingerprint density at radius 1 is 1.14 bits per heavy atom. The summed E-state index contributed by atoms with van der Waals surface area (Å²) in [4.78, 5) is 0. The molecule has 0 spiro atoms. The van der Waals surface area contributed by atoms with Gasteiger partial charge < -0.3 is 14.8 Å². The molecule has 1 aliphatic heterocycles. The zero-order chi connectivity index (χ0) is 14.8. The summed E-state index contributed by atoms with van der Waals surface area (Å²) in [6.45, 7) is 2.97. The van der Waals surface area contributed by atoms with Gasteiger partial charge in [0.2, 0.25) is 0 Å². The van der Waals surface area contributed by atoms with Crippen LogP contribution in [0.1, 0.15) is 22.7 Å². The van der Waals surface area contributed by atoms with Crippen LogP contribution in [0.15, 0.2) is 36.4 Å². The van der Waals surface area contributed by atoms with Gasteiger partial charge in [-0.15, -0.1) is 0 Å². The van der Waals surface area contributed by atoms with Crippen LogP contribution < -0.4 is 14.8 Å². The van der Waals surface area contributed by atoms with Crippen LogP contribution >= 0.6 is 0 Å². The number of hydrogen-bond acceptors (Lipinski definition) is 3. The molecule has 1 unspecified atom stereocenters. The maximum absolute atomic E-state index is 13.7. The van der Waals surface area contributed by atoms with Gasteiger partial charge in [-0.1, -0.05) is 18.2 Å². The van der Waals surface area contributed by atoms with E-state index in [-0.39, 0.29) is 11.9 Å². The normalized spacial score (nSPS) is 14.8. The molecule has 2 aromatic carbocycles. The number of rotatable bonds is 3. The van der Waals surface area contributed by atoms with Crippen LogP contribution in [0, 0.1) is 12.7 Å². The number of ether oxygens (including phenoxy) is 2. The summed E-state index contributed by atoms with van der Waals surface area (Å²) in [5.41, 5.74) is 2.73. The van der Waals surface area contributed by atoms with E-state index >= 15 is 0 Å². The summed E-state index contributed by atoms with van der Waals surface area (Å²) in [5, 5.41) is 3.24. The van der Waals surface area contributed by atoms with E-state index in [4.69, 9.17) is 9.47 Å². The number of nitrogens with one attached hydrogen (secondary N) is 1. The van der Waals surface area contributed by atoms with Crippen molar-refractivity contribution >= 4 is 0 Å². The Labute approximate surface area is 123 Å². The minimum absolute atomic E-state index is 0.143. The molecule has 0 aliphatic carbocycles. The van der Waals surface area contributed by atoms with Gasteiger partial charge in [-0.2, -0.15) is 0 Å². The van der Waals surface area contributed by atoms with E-state index in [1.54, 1.807) is 6.07 Å². The lowest BCUT2D eigenvalue weighted by atomic mass is 9.96. The Balaban J connectivity index is 2.08. The third kappa shape index (κ3) is 2.72. The van der Waals surface area contributed by atoms with E-state index in [1.807, 2.05) is 38.2 Å². The number of benzene rings is 2. The molecule has 3 rings (SSSR count). The van der Waals surface area contributed by atoms with Gasteiger partial charge in [0, 0.05) is 5.56 Å². The highest BCUT2D eigenvalue weighted by Gasteiger charge is 2.22. The topological polar surface area (TPSA) is 30.5 Å². The maximum Gasteiger partial charge on any atom is 0.166 e. The molecule has 0 saturated heterocycles. The fourth-order valence-electron chi connectivity index (χ4n) is 2.76. The zero-order valence-electron chi connectivity index (χ0n) is 12.2. The van der Waals surface area contributed by atoms with Crippen LogP contribution in [0.25, 0.3) is 0 Å². The SMILES string of the molecule is CNC(c1cc(C)cc(F)c1)c1cccc2c1OCCO2. The van der Waals surface area contributed by atoms with E-state index in [0.29, 0.717) is 13.2 Å². The molecule has 0 fully saturated rings. The van der Waals surface area contributed by atoms with E-state index < -0.39 is 0 Å². The van der Waals surface area contributed by atoms with Crippen molar-refractivity contribution in [2.75, 3.05) is 20.3 Å². The molecule has 3 nitrogen and oxygen atoms in total. The zero-order valence-corrected chi connectivity index (χ0v) is 12.2. The molecular formula is C17H18FNO2. The third-order valence-electron chi connectivity index (χ3n) is 3.59. The van der Waals surface area contributed by atoms with Crippen LogP contribution in [0.4, 0.5) is 4.39 Å². The van der Waals surface area contributed by atoms with Crippen molar-refractivity contribution in [2.45, 2.75) is 13.0 Å². The van der Waals surface area contributed by atoms with Gasteiger partial charge in [0.15, 0.2) is 11.5 Å². The minimum Gasteiger partial charge on any atom is -0.486 e. The van der Waals surface area contributed by atoms with Gasteiger partial charge in [0.25, 0.3) is 0 Å². The lowest BCUT2D eigenvalue weighted by molar-refractivity contribution is 0.169. The Morgan fingerprint density at radius 2 is 1.95 bits per heavy atom. The second-order valence-corrected chi connectivity index (χ2v) is 5.16. The van der Waals surface area contributed by atoms with Gasteiger partial charge in [-0.05, 0) is 43.3 Å². The van der Waals surface area contributed by atoms with Crippen molar-refractivity contribution in [3.05, 3.63) is 58.9 Å². The Hall–Kier alpha value is -2.07. The molecule has 0 saturated carbocycles. The Bertz CT molecular complexity index is 637. The van der Waals surface area contributed by atoms with Gasteiger partial charge in [0.05, 0.1) is 6.04 Å². The standard InChI is InChI=1S/C17H18FNO2/c1-11-8-12(10-13(18)9-11)16(19-2)14-4-3-5-15-17(14)21-7-6-20-15/h3-5,8-10,16,19H,6-7H2,1-2H3. The molecular weight excluding hydrogens is 269 g/mol. The maximum atomic E-state index is 13.7. The van der Waals surface area contributed by atoms with E-state index in [0.717, 1.165) is 28.2 Å². The lowest BCUT2D eigenvalue weighted by Crippen LogP contribution is -2.22. The summed E-state index contributed by atoms with van der Waals surface area (Å²) in [6, 6.07) is 10.7. The van der Waals surface area contributed by atoms with E-state index in [9.17, 15) is 4.39 Å². The first-order chi connectivity index (χ1) is 10.2. The monoisotopic (exact) mass is 287 g/mol. The van der Waals surface area contributed by atoms with Crippen molar-refractivity contribution in [3.8, 4) is 11.5 Å². The third-order valence-corrected chi connectivity index (χ3v) is 3.59. The first-order valence-corrected chi connectivity index (χ1v) is 7.02. The van der Waals surface area contributed by atoms with E-state index in [1.165, 1.54) is 6.07 Å². The summed E-state index contributed by atoms with van der Waals surface area (Å²) in [7, 11) is 1.86.